The lowest BCUT2D eigenvalue weighted by Crippen LogP contribution is -2.25. The summed E-state index contributed by atoms with van der Waals surface area (Å²) in [5.41, 5.74) is 2.27. The summed E-state index contributed by atoms with van der Waals surface area (Å²) in [5, 5.41) is 0.899. The number of carbonyl (C=O) groups excluding carboxylic acids is 3. The number of esters is 2. The Balaban J connectivity index is 1.80. The molecular weight excluding hydrogens is 360 g/mol. The maximum atomic E-state index is 12.7. The van der Waals surface area contributed by atoms with E-state index in [1.807, 2.05) is 18.2 Å². The topological polar surface area (TPSA) is 98.4 Å². The van der Waals surface area contributed by atoms with Crippen LogP contribution in [0.25, 0.3) is 10.9 Å². The first-order valence-corrected chi connectivity index (χ1v) is 8.72. The van der Waals surface area contributed by atoms with Gasteiger partial charge in [0.1, 0.15) is 5.69 Å². The number of aryl methyl sites for hydroxylation is 1. The highest BCUT2D eigenvalue weighted by Crippen LogP contribution is 2.21. The Bertz CT molecular complexity index is 1080. The summed E-state index contributed by atoms with van der Waals surface area (Å²) >= 11 is 0. The van der Waals surface area contributed by atoms with E-state index in [0.29, 0.717) is 22.3 Å². The number of nitrogens with one attached hydrogen (secondary N) is 1. The first-order chi connectivity index (χ1) is 13.3. The van der Waals surface area contributed by atoms with E-state index in [2.05, 4.69) is 9.97 Å². The lowest BCUT2D eigenvalue weighted by molar-refractivity contribution is 0.0311. The smallest absolute Gasteiger partial charge is 0.357 e. The number of para-hydroxylation sites is 1. The monoisotopic (exact) mass is 380 g/mol. The summed E-state index contributed by atoms with van der Waals surface area (Å²) in [5.74, 6) is -1.67. The maximum Gasteiger partial charge on any atom is 0.357 e. The van der Waals surface area contributed by atoms with Crippen LogP contribution in [0, 0.1) is 13.8 Å². The van der Waals surface area contributed by atoms with Crippen LogP contribution in [0.1, 0.15) is 49.5 Å². The number of H-pyrrole nitrogens is 1. The Morgan fingerprint density at radius 3 is 2.46 bits per heavy atom. The number of aromatic nitrogens is 2. The van der Waals surface area contributed by atoms with E-state index in [9.17, 15) is 14.4 Å². The van der Waals surface area contributed by atoms with Gasteiger partial charge in [0.25, 0.3) is 0 Å². The van der Waals surface area contributed by atoms with Gasteiger partial charge in [0.05, 0.1) is 23.9 Å². The molecule has 0 unspecified atom stereocenters. The molecule has 0 aliphatic carbocycles. The molecule has 3 rings (SSSR count). The van der Waals surface area contributed by atoms with Gasteiger partial charge in [-0.2, -0.15) is 0 Å². The summed E-state index contributed by atoms with van der Waals surface area (Å²) in [6, 6.07) is 10.7. The summed E-state index contributed by atoms with van der Waals surface area (Å²) in [6.45, 7) is 4.79. The van der Waals surface area contributed by atoms with E-state index < -0.39 is 23.8 Å². The van der Waals surface area contributed by atoms with Crippen LogP contribution in [-0.4, -0.2) is 40.9 Å². The summed E-state index contributed by atoms with van der Waals surface area (Å²) in [6.07, 6.45) is -1.05. The third-order valence-corrected chi connectivity index (χ3v) is 4.53. The fourth-order valence-electron chi connectivity index (χ4n) is 3.06. The van der Waals surface area contributed by atoms with Gasteiger partial charge in [0.2, 0.25) is 5.78 Å². The van der Waals surface area contributed by atoms with Crippen molar-refractivity contribution in [1.82, 2.24) is 9.97 Å². The molecule has 0 fully saturated rings. The van der Waals surface area contributed by atoms with Gasteiger partial charge in [-0.3, -0.25) is 4.79 Å². The third-order valence-electron chi connectivity index (χ3n) is 4.53. The number of nitrogens with zero attached hydrogens (tertiary/aromatic N) is 1. The fourth-order valence-corrected chi connectivity index (χ4v) is 3.06. The minimum Gasteiger partial charge on any atom is -0.465 e. The summed E-state index contributed by atoms with van der Waals surface area (Å²) in [4.78, 5) is 44.2. The lowest BCUT2D eigenvalue weighted by atomic mass is 10.1. The van der Waals surface area contributed by atoms with Gasteiger partial charge < -0.3 is 14.5 Å². The molecule has 0 bridgehead atoms. The van der Waals surface area contributed by atoms with Gasteiger partial charge in [-0.1, -0.05) is 24.3 Å². The third kappa shape index (κ3) is 3.51. The number of hydrogen-bond donors (Lipinski definition) is 1. The average molecular weight is 380 g/mol. The molecule has 0 radical (unpaired) electrons. The van der Waals surface area contributed by atoms with Crippen LogP contribution in [0.4, 0.5) is 0 Å². The van der Waals surface area contributed by atoms with Crippen LogP contribution in [-0.2, 0) is 9.47 Å². The molecule has 0 saturated carbocycles. The molecule has 1 atom stereocenters. The predicted octanol–water partition coefficient (Wildman–Crippen LogP) is 3.39. The Kier molecular flexibility index (Phi) is 5.26. The molecule has 0 spiro atoms. The molecule has 0 aliphatic rings. The van der Waals surface area contributed by atoms with Crippen molar-refractivity contribution in [2.24, 2.45) is 0 Å². The number of hydrogen-bond acceptors (Lipinski definition) is 6. The molecule has 0 aliphatic heterocycles. The van der Waals surface area contributed by atoms with Gasteiger partial charge >= 0.3 is 11.9 Å². The molecule has 2 aromatic heterocycles. The van der Waals surface area contributed by atoms with E-state index in [1.54, 1.807) is 32.0 Å². The molecule has 0 saturated heterocycles. The van der Waals surface area contributed by atoms with Crippen LogP contribution in [0.3, 0.4) is 0 Å². The number of aromatic amines is 1. The summed E-state index contributed by atoms with van der Waals surface area (Å²) < 4.78 is 10.1. The van der Waals surface area contributed by atoms with Crippen molar-refractivity contribution < 1.29 is 23.9 Å². The number of benzene rings is 1. The molecule has 7 heteroatoms. The number of methoxy groups -OCH3 is 1. The van der Waals surface area contributed by atoms with E-state index >= 15 is 0 Å². The second-order valence-corrected chi connectivity index (χ2v) is 6.42. The molecule has 1 N–H and O–H groups in total. The number of Topliss-reactive ketones (excluding diaryl/α,β-unsaturated/α-hetero) is 1. The SMILES string of the molecule is COC(=O)c1c(C)[nH]c(C(=O)[C@H](C)OC(=O)c2ccc3ccccc3n2)c1C. The van der Waals surface area contributed by atoms with Crippen molar-refractivity contribution in [3.05, 3.63) is 64.6 Å². The molecule has 28 heavy (non-hydrogen) atoms. The number of ketones is 1. The highest BCUT2D eigenvalue weighted by Gasteiger charge is 2.27. The number of ether oxygens (including phenoxy) is 2. The van der Waals surface area contributed by atoms with Gasteiger partial charge in [-0.05, 0) is 38.5 Å². The average Bonchev–Trinajstić information content (AvgIpc) is 3.00. The standard InChI is InChI=1S/C21H20N2O5/c1-11-17(21(26)27-4)12(2)22-18(11)19(24)13(3)28-20(25)16-10-9-14-7-5-6-8-15(14)23-16/h5-10,13,22H,1-4H3/t13-/m0/s1. The van der Waals surface area contributed by atoms with Crippen LogP contribution in [0.15, 0.2) is 36.4 Å². The van der Waals surface area contributed by atoms with Crippen LogP contribution < -0.4 is 0 Å². The van der Waals surface area contributed by atoms with Crippen LogP contribution in [0.2, 0.25) is 0 Å². The maximum absolute atomic E-state index is 12.7. The molecule has 144 valence electrons. The Labute approximate surface area is 161 Å². The van der Waals surface area contributed by atoms with Crippen LogP contribution in [0.5, 0.6) is 0 Å². The molecule has 1 aromatic carbocycles. The minimum atomic E-state index is -1.05. The van der Waals surface area contributed by atoms with E-state index in [4.69, 9.17) is 9.47 Å². The Hall–Kier alpha value is -3.48. The van der Waals surface area contributed by atoms with Gasteiger partial charge in [-0.15, -0.1) is 0 Å². The van der Waals surface area contributed by atoms with Crippen LogP contribution >= 0.6 is 0 Å². The van der Waals surface area contributed by atoms with Gasteiger partial charge in [-0.25, -0.2) is 14.6 Å². The van der Waals surface area contributed by atoms with Crippen molar-refractivity contribution in [2.75, 3.05) is 7.11 Å². The summed E-state index contributed by atoms with van der Waals surface area (Å²) in [7, 11) is 1.27. The minimum absolute atomic E-state index is 0.119. The first-order valence-electron chi connectivity index (χ1n) is 8.72. The van der Waals surface area contributed by atoms with Crippen molar-refractivity contribution in [1.29, 1.82) is 0 Å². The van der Waals surface area contributed by atoms with Crippen molar-refractivity contribution in [3.8, 4) is 0 Å². The fraction of sp³-hybridized carbons (Fsp3) is 0.238. The van der Waals surface area contributed by atoms with Crippen molar-refractivity contribution >= 4 is 28.6 Å². The Morgan fingerprint density at radius 2 is 1.75 bits per heavy atom. The Morgan fingerprint density at radius 1 is 1.04 bits per heavy atom. The number of carbonyl (C=O) groups is 3. The van der Waals surface area contributed by atoms with Gasteiger partial charge in [0, 0.05) is 11.1 Å². The highest BCUT2D eigenvalue weighted by molar-refractivity contribution is 6.04. The molecule has 3 aromatic rings. The predicted molar refractivity (Wildman–Crippen MR) is 103 cm³/mol. The first kappa shape index (κ1) is 19.3. The van der Waals surface area contributed by atoms with E-state index in [1.165, 1.54) is 14.0 Å². The number of pyridine rings is 1. The lowest BCUT2D eigenvalue weighted by Gasteiger charge is -2.12. The zero-order chi connectivity index (χ0) is 20.4. The zero-order valence-electron chi connectivity index (χ0n) is 16.0. The zero-order valence-corrected chi connectivity index (χ0v) is 16.0. The van der Waals surface area contributed by atoms with E-state index in [0.717, 1.165) is 5.39 Å². The molecule has 7 nitrogen and oxygen atoms in total. The largest absolute Gasteiger partial charge is 0.465 e. The van der Waals surface area contributed by atoms with Crippen molar-refractivity contribution in [2.45, 2.75) is 26.9 Å². The van der Waals surface area contributed by atoms with Gasteiger partial charge in [0.15, 0.2) is 6.10 Å². The highest BCUT2D eigenvalue weighted by atomic mass is 16.5. The second kappa shape index (κ2) is 7.64. The number of rotatable bonds is 5. The number of fused-ring (bicyclic) bond motifs is 1. The van der Waals surface area contributed by atoms with Crippen molar-refractivity contribution in [3.63, 3.8) is 0 Å². The quantitative estimate of drug-likeness (QED) is 0.538. The second-order valence-electron chi connectivity index (χ2n) is 6.42. The molecular formula is C21H20N2O5. The van der Waals surface area contributed by atoms with E-state index in [-0.39, 0.29) is 11.4 Å². The molecule has 2 heterocycles. The molecule has 0 amide bonds. The normalized spacial score (nSPS) is 11.9.